The van der Waals surface area contributed by atoms with Crippen molar-refractivity contribution in [3.8, 4) is 22.8 Å². The van der Waals surface area contributed by atoms with Crippen LogP contribution in [-0.4, -0.2) is 21.9 Å². The van der Waals surface area contributed by atoms with Gasteiger partial charge in [0.25, 0.3) is 0 Å². The third-order valence-electron chi connectivity index (χ3n) is 4.61. The molecule has 0 atom stereocenters. The van der Waals surface area contributed by atoms with E-state index in [1.54, 1.807) is 19.2 Å². The molecule has 1 aromatic heterocycles. The van der Waals surface area contributed by atoms with Crippen molar-refractivity contribution in [3.63, 3.8) is 0 Å². The molecule has 0 aliphatic heterocycles. The van der Waals surface area contributed by atoms with Crippen LogP contribution in [0.2, 0.25) is 0 Å². The molecule has 0 aliphatic carbocycles. The summed E-state index contributed by atoms with van der Waals surface area (Å²) in [6, 6.07) is 22.5. The second-order valence-corrected chi connectivity index (χ2v) is 7.52. The number of nitrogens with zero attached hydrogens (tertiary/aromatic N) is 3. The Labute approximate surface area is 173 Å². The lowest BCUT2D eigenvalue weighted by atomic mass is 10.1. The van der Waals surface area contributed by atoms with Gasteiger partial charge < -0.3 is 4.74 Å². The van der Waals surface area contributed by atoms with Crippen LogP contribution in [0.5, 0.6) is 5.75 Å². The molecule has 0 amide bonds. The minimum Gasteiger partial charge on any atom is -0.497 e. The number of rotatable bonds is 6. The average Bonchev–Trinajstić information content (AvgIpc) is 3.16. The molecule has 0 saturated heterocycles. The standard InChI is InChI=1S/C23H20FN3OS/c1-16-6-3-4-9-21(16)22-25-26-23(29-15-17-7-5-8-18(24)14-17)27(22)19-10-12-20(28-2)13-11-19/h3-14H,15H2,1-2H3. The van der Waals surface area contributed by atoms with Crippen LogP contribution in [-0.2, 0) is 5.75 Å². The average molecular weight is 405 g/mol. The van der Waals surface area contributed by atoms with E-state index in [9.17, 15) is 4.39 Å². The van der Waals surface area contributed by atoms with E-state index in [2.05, 4.69) is 23.2 Å². The van der Waals surface area contributed by atoms with Crippen molar-refractivity contribution in [3.05, 3.63) is 89.7 Å². The monoisotopic (exact) mass is 405 g/mol. The molecule has 0 bridgehead atoms. The molecular weight excluding hydrogens is 385 g/mol. The fourth-order valence-corrected chi connectivity index (χ4v) is 4.00. The summed E-state index contributed by atoms with van der Waals surface area (Å²) < 4.78 is 20.8. The van der Waals surface area contributed by atoms with Gasteiger partial charge in [-0.15, -0.1) is 10.2 Å². The van der Waals surface area contributed by atoms with Crippen LogP contribution in [0.4, 0.5) is 4.39 Å². The highest BCUT2D eigenvalue weighted by atomic mass is 32.2. The summed E-state index contributed by atoms with van der Waals surface area (Å²) >= 11 is 1.53. The third-order valence-corrected chi connectivity index (χ3v) is 5.61. The van der Waals surface area contributed by atoms with Gasteiger partial charge in [-0.05, 0) is 54.4 Å². The Morgan fingerprint density at radius 2 is 1.76 bits per heavy atom. The fourth-order valence-electron chi connectivity index (χ4n) is 3.10. The molecule has 4 rings (SSSR count). The first-order chi connectivity index (χ1) is 14.2. The summed E-state index contributed by atoms with van der Waals surface area (Å²) in [6.45, 7) is 2.06. The number of aromatic nitrogens is 3. The number of thioether (sulfide) groups is 1. The van der Waals surface area contributed by atoms with Gasteiger partial charge in [0.2, 0.25) is 0 Å². The normalized spacial score (nSPS) is 10.9. The number of hydrogen-bond acceptors (Lipinski definition) is 4. The predicted molar refractivity (Wildman–Crippen MR) is 114 cm³/mol. The second-order valence-electron chi connectivity index (χ2n) is 6.57. The van der Waals surface area contributed by atoms with Crippen LogP contribution in [0.1, 0.15) is 11.1 Å². The molecule has 0 spiro atoms. The first-order valence-electron chi connectivity index (χ1n) is 9.19. The van der Waals surface area contributed by atoms with E-state index in [4.69, 9.17) is 4.74 Å². The summed E-state index contributed by atoms with van der Waals surface area (Å²) in [5, 5.41) is 9.67. The molecule has 4 nitrogen and oxygen atoms in total. The van der Waals surface area contributed by atoms with E-state index in [-0.39, 0.29) is 5.82 Å². The SMILES string of the molecule is COc1ccc(-n2c(SCc3cccc(F)c3)nnc2-c2ccccc2C)cc1. The Balaban J connectivity index is 1.75. The lowest BCUT2D eigenvalue weighted by molar-refractivity contribution is 0.414. The van der Waals surface area contributed by atoms with Crippen LogP contribution in [0.25, 0.3) is 17.1 Å². The highest BCUT2D eigenvalue weighted by Gasteiger charge is 2.17. The molecule has 29 heavy (non-hydrogen) atoms. The van der Waals surface area contributed by atoms with Gasteiger partial charge in [0.15, 0.2) is 11.0 Å². The quantitative estimate of drug-likeness (QED) is 0.387. The van der Waals surface area contributed by atoms with E-state index in [1.165, 1.54) is 17.8 Å². The first kappa shape index (κ1) is 19.2. The molecule has 6 heteroatoms. The minimum absolute atomic E-state index is 0.236. The van der Waals surface area contributed by atoms with Gasteiger partial charge in [0, 0.05) is 17.0 Å². The van der Waals surface area contributed by atoms with Crippen LogP contribution >= 0.6 is 11.8 Å². The Kier molecular flexibility index (Phi) is 5.62. The predicted octanol–water partition coefficient (Wildman–Crippen LogP) is 5.68. The maximum Gasteiger partial charge on any atom is 0.196 e. The van der Waals surface area contributed by atoms with Crippen LogP contribution in [0.3, 0.4) is 0 Å². The zero-order chi connectivity index (χ0) is 20.2. The molecule has 1 heterocycles. The van der Waals surface area contributed by atoms with Gasteiger partial charge >= 0.3 is 0 Å². The molecule has 4 aromatic rings. The highest BCUT2D eigenvalue weighted by Crippen LogP contribution is 2.31. The second kappa shape index (κ2) is 8.49. The Morgan fingerprint density at radius 1 is 0.966 bits per heavy atom. The molecule has 0 aliphatic rings. The number of benzene rings is 3. The number of hydrogen-bond donors (Lipinski definition) is 0. The van der Waals surface area contributed by atoms with E-state index < -0.39 is 0 Å². The van der Waals surface area contributed by atoms with Crippen molar-refractivity contribution in [1.29, 1.82) is 0 Å². The van der Waals surface area contributed by atoms with Gasteiger partial charge in [0.05, 0.1) is 7.11 Å². The zero-order valence-corrected chi connectivity index (χ0v) is 17.0. The maximum atomic E-state index is 13.5. The summed E-state index contributed by atoms with van der Waals surface area (Å²) in [4.78, 5) is 0. The molecule has 0 unspecified atom stereocenters. The van der Waals surface area contributed by atoms with Gasteiger partial charge in [-0.1, -0.05) is 48.2 Å². The minimum atomic E-state index is -0.236. The smallest absolute Gasteiger partial charge is 0.196 e. The Morgan fingerprint density at radius 3 is 2.48 bits per heavy atom. The highest BCUT2D eigenvalue weighted by molar-refractivity contribution is 7.98. The van der Waals surface area contributed by atoms with Crippen molar-refractivity contribution >= 4 is 11.8 Å². The topological polar surface area (TPSA) is 39.9 Å². The molecule has 0 radical (unpaired) electrons. The summed E-state index contributed by atoms with van der Waals surface area (Å²) in [5.41, 5.74) is 3.98. The van der Waals surface area contributed by atoms with E-state index in [1.807, 2.05) is 53.1 Å². The fraction of sp³-hybridized carbons (Fsp3) is 0.130. The van der Waals surface area contributed by atoms with Crippen LogP contribution in [0.15, 0.2) is 78.0 Å². The van der Waals surface area contributed by atoms with E-state index in [0.717, 1.165) is 39.1 Å². The zero-order valence-electron chi connectivity index (χ0n) is 16.2. The molecule has 0 saturated carbocycles. The molecule has 0 N–H and O–H groups in total. The molecular formula is C23H20FN3OS. The maximum absolute atomic E-state index is 13.5. The van der Waals surface area contributed by atoms with Gasteiger partial charge in [-0.2, -0.15) is 0 Å². The van der Waals surface area contributed by atoms with Crippen molar-refractivity contribution in [2.45, 2.75) is 17.8 Å². The van der Waals surface area contributed by atoms with E-state index >= 15 is 0 Å². The van der Waals surface area contributed by atoms with Crippen molar-refractivity contribution in [2.24, 2.45) is 0 Å². The summed E-state index contributed by atoms with van der Waals surface area (Å²) in [7, 11) is 1.65. The number of halogens is 1. The van der Waals surface area contributed by atoms with E-state index in [0.29, 0.717) is 5.75 Å². The lowest BCUT2D eigenvalue weighted by Gasteiger charge is -2.12. The van der Waals surface area contributed by atoms with Crippen LogP contribution < -0.4 is 4.74 Å². The van der Waals surface area contributed by atoms with Gasteiger partial charge in [-0.25, -0.2) is 4.39 Å². The molecule has 0 fully saturated rings. The number of methoxy groups -OCH3 is 1. The number of aryl methyl sites for hydroxylation is 1. The third kappa shape index (κ3) is 4.17. The van der Waals surface area contributed by atoms with Crippen molar-refractivity contribution < 1.29 is 9.13 Å². The Bertz CT molecular complexity index is 1130. The van der Waals surface area contributed by atoms with Crippen molar-refractivity contribution in [2.75, 3.05) is 7.11 Å². The lowest BCUT2D eigenvalue weighted by Crippen LogP contribution is -2.01. The number of ether oxygens (including phenoxy) is 1. The van der Waals surface area contributed by atoms with Gasteiger partial charge in [0.1, 0.15) is 11.6 Å². The summed E-state index contributed by atoms with van der Waals surface area (Å²) in [6.07, 6.45) is 0. The Hall–Kier alpha value is -3.12. The van der Waals surface area contributed by atoms with Crippen molar-refractivity contribution in [1.82, 2.24) is 14.8 Å². The van der Waals surface area contributed by atoms with Gasteiger partial charge in [-0.3, -0.25) is 4.57 Å². The molecule has 3 aromatic carbocycles. The largest absolute Gasteiger partial charge is 0.497 e. The first-order valence-corrected chi connectivity index (χ1v) is 10.2. The summed E-state index contributed by atoms with van der Waals surface area (Å²) in [5.74, 6) is 1.92. The molecule has 146 valence electrons. The van der Waals surface area contributed by atoms with Crippen LogP contribution in [0, 0.1) is 12.7 Å².